The van der Waals surface area contributed by atoms with Crippen molar-refractivity contribution in [1.29, 1.82) is 0 Å². The number of likely N-dealkylation sites (N-methyl/N-ethyl adjacent to an activating group) is 1. The van der Waals surface area contributed by atoms with Gasteiger partial charge in [-0.2, -0.15) is 0 Å². The fourth-order valence-corrected chi connectivity index (χ4v) is 1.14. The lowest BCUT2D eigenvalue weighted by atomic mass is 10.1. The molecule has 14 heavy (non-hydrogen) atoms. The Morgan fingerprint density at radius 1 is 1.43 bits per heavy atom. The van der Waals surface area contributed by atoms with Crippen LogP contribution in [-0.4, -0.2) is 39.9 Å². The normalized spacial score (nSPS) is 15.1. The Morgan fingerprint density at radius 3 is 2.71 bits per heavy atom. The van der Waals surface area contributed by atoms with Crippen molar-refractivity contribution in [3.63, 3.8) is 0 Å². The number of aryl methyl sites for hydroxylation is 1. The van der Waals surface area contributed by atoms with Crippen molar-refractivity contribution >= 4 is 0 Å². The van der Waals surface area contributed by atoms with Crippen LogP contribution in [0.3, 0.4) is 0 Å². The molecular weight excluding hydrogens is 182 g/mol. The molecule has 0 aliphatic carbocycles. The minimum atomic E-state index is -0.991. The summed E-state index contributed by atoms with van der Waals surface area (Å²) in [6.07, 6.45) is 1.20. The number of aliphatic hydroxyl groups excluding tert-OH is 2. The standard InChI is InChI=1S/C9H15N3O2/c1-6-3-11-4-7(12-6)9(14)8(13)5-10-2/h3-4,8-10,13-14H,5H2,1-2H3. The van der Waals surface area contributed by atoms with Crippen LogP contribution in [0.1, 0.15) is 17.5 Å². The van der Waals surface area contributed by atoms with Gasteiger partial charge < -0.3 is 15.5 Å². The van der Waals surface area contributed by atoms with Gasteiger partial charge >= 0.3 is 0 Å². The highest BCUT2D eigenvalue weighted by molar-refractivity contribution is 5.06. The van der Waals surface area contributed by atoms with E-state index in [0.717, 1.165) is 5.69 Å². The first kappa shape index (κ1) is 11.0. The highest BCUT2D eigenvalue weighted by atomic mass is 16.3. The maximum Gasteiger partial charge on any atom is 0.125 e. The van der Waals surface area contributed by atoms with Gasteiger partial charge in [-0.15, -0.1) is 0 Å². The van der Waals surface area contributed by atoms with Gasteiger partial charge in [-0.3, -0.25) is 9.97 Å². The minimum Gasteiger partial charge on any atom is -0.389 e. The van der Waals surface area contributed by atoms with Gasteiger partial charge in [-0.25, -0.2) is 0 Å². The van der Waals surface area contributed by atoms with Gasteiger partial charge in [0.1, 0.15) is 6.10 Å². The first-order valence-corrected chi connectivity index (χ1v) is 4.44. The summed E-state index contributed by atoms with van der Waals surface area (Å²) >= 11 is 0. The van der Waals surface area contributed by atoms with E-state index in [2.05, 4.69) is 15.3 Å². The third kappa shape index (κ3) is 2.73. The zero-order chi connectivity index (χ0) is 10.6. The van der Waals surface area contributed by atoms with Gasteiger partial charge in [0.15, 0.2) is 0 Å². The summed E-state index contributed by atoms with van der Waals surface area (Å²) in [5, 5.41) is 21.9. The van der Waals surface area contributed by atoms with Crippen LogP contribution < -0.4 is 5.32 Å². The van der Waals surface area contributed by atoms with Gasteiger partial charge in [-0.1, -0.05) is 0 Å². The summed E-state index contributed by atoms with van der Waals surface area (Å²) in [6.45, 7) is 2.10. The average Bonchev–Trinajstić information content (AvgIpc) is 2.17. The minimum absolute atomic E-state index is 0.316. The van der Waals surface area contributed by atoms with Crippen molar-refractivity contribution in [2.75, 3.05) is 13.6 Å². The number of rotatable bonds is 4. The molecule has 0 saturated carbocycles. The molecule has 2 unspecified atom stereocenters. The van der Waals surface area contributed by atoms with Crippen molar-refractivity contribution in [2.45, 2.75) is 19.1 Å². The van der Waals surface area contributed by atoms with Gasteiger partial charge in [-0.05, 0) is 14.0 Å². The van der Waals surface area contributed by atoms with Crippen molar-refractivity contribution < 1.29 is 10.2 Å². The molecule has 0 spiro atoms. The lowest BCUT2D eigenvalue weighted by Gasteiger charge is -2.16. The van der Waals surface area contributed by atoms with Crippen molar-refractivity contribution in [1.82, 2.24) is 15.3 Å². The van der Waals surface area contributed by atoms with Gasteiger partial charge in [0.2, 0.25) is 0 Å². The molecule has 0 aliphatic rings. The van der Waals surface area contributed by atoms with Crippen LogP contribution in [0, 0.1) is 6.92 Å². The summed E-state index contributed by atoms with van der Waals surface area (Å²) in [6, 6.07) is 0. The van der Waals surface area contributed by atoms with E-state index in [9.17, 15) is 10.2 Å². The molecule has 0 aromatic carbocycles. The Kier molecular flexibility index (Phi) is 3.94. The molecular formula is C9H15N3O2. The molecule has 0 amide bonds. The number of nitrogens with zero attached hydrogens (tertiary/aromatic N) is 2. The molecule has 1 heterocycles. The van der Waals surface area contributed by atoms with Gasteiger partial charge in [0.05, 0.1) is 23.7 Å². The number of nitrogens with one attached hydrogen (secondary N) is 1. The smallest absolute Gasteiger partial charge is 0.125 e. The highest BCUT2D eigenvalue weighted by Gasteiger charge is 2.18. The number of hydrogen-bond donors (Lipinski definition) is 3. The lowest BCUT2D eigenvalue weighted by molar-refractivity contribution is 0.0174. The first-order valence-electron chi connectivity index (χ1n) is 4.44. The Labute approximate surface area is 82.8 Å². The number of aromatic nitrogens is 2. The van der Waals surface area contributed by atoms with Crippen LogP contribution in [0.25, 0.3) is 0 Å². The molecule has 3 N–H and O–H groups in total. The summed E-state index contributed by atoms with van der Waals surface area (Å²) in [4.78, 5) is 7.97. The van der Waals surface area contributed by atoms with Crippen LogP contribution in [0.15, 0.2) is 12.4 Å². The maximum absolute atomic E-state index is 9.65. The topological polar surface area (TPSA) is 78.3 Å². The maximum atomic E-state index is 9.65. The predicted molar refractivity (Wildman–Crippen MR) is 51.7 cm³/mol. The summed E-state index contributed by atoms with van der Waals surface area (Å²) in [5.74, 6) is 0. The van der Waals surface area contributed by atoms with Crippen LogP contribution >= 0.6 is 0 Å². The molecule has 78 valence electrons. The van der Waals surface area contributed by atoms with E-state index in [1.54, 1.807) is 20.2 Å². The third-order valence-corrected chi connectivity index (χ3v) is 1.85. The second-order valence-electron chi connectivity index (χ2n) is 3.16. The molecule has 0 radical (unpaired) electrons. The molecule has 0 aliphatic heterocycles. The molecule has 1 aromatic heterocycles. The molecule has 0 fully saturated rings. The van der Waals surface area contributed by atoms with E-state index < -0.39 is 12.2 Å². The van der Waals surface area contributed by atoms with Crippen molar-refractivity contribution in [3.05, 3.63) is 23.8 Å². The van der Waals surface area contributed by atoms with Crippen LogP contribution in [-0.2, 0) is 0 Å². The molecule has 0 saturated heterocycles. The zero-order valence-corrected chi connectivity index (χ0v) is 8.31. The highest BCUT2D eigenvalue weighted by Crippen LogP contribution is 2.13. The quantitative estimate of drug-likeness (QED) is 0.600. The fourth-order valence-electron chi connectivity index (χ4n) is 1.14. The molecule has 2 atom stereocenters. The zero-order valence-electron chi connectivity index (χ0n) is 8.31. The van der Waals surface area contributed by atoms with E-state index in [4.69, 9.17) is 0 Å². The SMILES string of the molecule is CNCC(O)C(O)c1cncc(C)n1. The monoisotopic (exact) mass is 197 g/mol. The second kappa shape index (κ2) is 4.99. The molecule has 5 nitrogen and oxygen atoms in total. The Bertz CT molecular complexity index is 293. The van der Waals surface area contributed by atoms with Crippen LogP contribution in [0.4, 0.5) is 0 Å². The molecule has 1 aromatic rings. The van der Waals surface area contributed by atoms with E-state index >= 15 is 0 Å². The van der Waals surface area contributed by atoms with E-state index in [0.29, 0.717) is 12.2 Å². The Morgan fingerprint density at radius 2 is 2.14 bits per heavy atom. The Balaban J connectivity index is 2.73. The van der Waals surface area contributed by atoms with E-state index in [1.165, 1.54) is 6.20 Å². The predicted octanol–water partition coefficient (Wildman–Crippen LogP) is -0.601. The summed E-state index contributed by atoms with van der Waals surface area (Å²) in [7, 11) is 1.71. The second-order valence-corrected chi connectivity index (χ2v) is 3.16. The third-order valence-electron chi connectivity index (χ3n) is 1.85. The molecule has 0 bridgehead atoms. The number of hydrogen-bond acceptors (Lipinski definition) is 5. The average molecular weight is 197 g/mol. The van der Waals surface area contributed by atoms with Crippen molar-refractivity contribution in [3.8, 4) is 0 Å². The summed E-state index contributed by atoms with van der Waals surface area (Å²) < 4.78 is 0. The van der Waals surface area contributed by atoms with E-state index in [1.807, 2.05) is 0 Å². The van der Waals surface area contributed by atoms with Crippen molar-refractivity contribution in [2.24, 2.45) is 0 Å². The first-order chi connectivity index (χ1) is 6.65. The Hall–Kier alpha value is -1.04. The largest absolute Gasteiger partial charge is 0.389 e. The van der Waals surface area contributed by atoms with Gasteiger partial charge in [0, 0.05) is 12.7 Å². The fraction of sp³-hybridized carbons (Fsp3) is 0.556. The van der Waals surface area contributed by atoms with Crippen LogP contribution in [0.2, 0.25) is 0 Å². The number of aliphatic hydroxyl groups is 2. The summed E-state index contributed by atoms with van der Waals surface area (Å²) in [5.41, 5.74) is 1.12. The van der Waals surface area contributed by atoms with Crippen LogP contribution in [0.5, 0.6) is 0 Å². The molecule has 5 heteroatoms. The van der Waals surface area contributed by atoms with Gasteiger partial charge in [0.25, 0.3) is 0 Å². The van der Waals surface area contributed by atoms with E-state index in [-0.39, 0.29) is 0 Å². The molecule has 1 rings (SSSR count). The lowest BCUT2D eigenvalue weighted by Crippen LogP contribution is -2.30.